The number of carbonyl (C=O) groups is 2. The zero-order valence-corrected chi connectivity index (χ0v) is 16.2. The first kappa shape index (κ1) is 19.3. The Labute approximate surface area is 164 Å². The van der Waals surface area contributed by atoms with Crippen molar-refractivity contribution in [1.29, 1.82) is 0 Å². The number of nitrogens with one attached hydrogen (secondary N) is 2. The number of pyridine rings is 1. The zero-order chi connectivity index (χ0) is 20.1. The fraction of sp³-hybridized carbons (Fsp3) is 0.174. The third-order valence-corrected chi connectivity index (χ3v) is 4.35. The number of carbonyl (C=O) groups excluding carboxylic acids is 2. The molecule has 0 bridgehead atoms. The summed E-state index contributed by atoms with van der Waals surface area (Å²) in [6.07, 6.45) is 0. The molecule has 0 aliphatic rings. The number of benzene rings is 2. The zero-order valence-electron chi connectivity index (χ0n) is 16.2. The molecule has 0 radical (unpaired) electrons. The van der Waals surface area contributed by atoms with Gasteiger partial charge in [-0.2, -0.15) is 0 Å². The van der Waals surface area contributed by atoms with E-state index in [0.717, 1.165) is 16.8 Å². The number of aromatic nitrogens is 1. The maximum absolute atomic E-state index is 12.7. The Morgan fingerprint density at radius 3 is 2.04 bits per heavy atom. The molecule has 1 aromatic heterocycles. The lowest BCUT2D eigenvalue weighted by Crippen LogP contribution is -2.19. The highest BCUT2D eigenvalue weighted by molar-refractivity contribution is 6.06. The van der Waals surface area contributed by atoms with E-state index in [2.05, 4.69) is 29.5 Å². The highest BCUT2D eigenvalue weighted by atomic mass is 16.2. The molecule has 0 fully saturated rings. The van der Waals surface area contributed by atoms with Crippen LogP contribution in [-0.4, -0.2) is 16.8 Å². The van der Waals surface area contributed by atoms with Gasteiger partial charge in [0, 0.05) is 11.4 Å². The molecule has 1 heterocycles. The van der Waals surface area contributed by atoms with Crippen molar-refractivity contribution in [1.82, 2.24) is 4.98 Å². The average molecular weight is 373 g/mol. The molecule has 28 heavy (non-hydrogen) atoms. The van der Waals surface area contributed by atoms with Crippen LogP contribution in [0, 0.1) is 6.92 Å². The number of aryl methyl sites for hydroxylation is 1. The van der Waals surface area contributed by atoms with Crippen molar-refractivity contribution in [3.05, 3.63) is 89.2 Å². The lowest BCUT2D eigenvalue weighted by molar-refractivity contribution is 0.101. The van der Waals surface area contributed by atoms with Crippen LogP contribution in [0.15, 0.2) is 66.7 Å². The molecule has 5 nitrogen and oxygen atoms in total. The van der Waals surface area contributed by atoms with Crippen LogP contribution in [0.1, 0.15) is 51.9 Å². The first-order chi connectivity index (χ1) is 13.4. The van der Waals surface area contributed by atoms with E-state index in [1.807, 2.05) is 55.5 Å². The van der Waals surface area contributed by atoms with E-state index in [0.29, 0.717) is 5.69 Å². The summed E-state index contributed by atoms with van der Waals surface area (Å²) in [5.41, 5.74) is 3.96. The summed E-state index contributed by atoms with van der Waals surface area (Å²) >= 11 is 0. The number of hydrogen-bond donors (Lipinski definition) is 2. The SMILES string of the molecule is Cc1ccc(NC(=O)c2cccc(C(=O)Nc3ccccc3C(C)C)n2)cc1. The second-order valence-electron chi connectivity index (χ2n) is 6.92. The predicted molar refractivity (Wildman–Crippen MR) is 112 cm³/mol. The minimum atomic E-state index is -0.360. The van der Waals surface area contributed by atoms with Gasteiger partial charge in [-0.1, -0.05) is 55.8 Å². The lowest BCUT2D eigenvalue weighted by Gasteiger charge is -2.13. The van der Waals surface area contributed by atoms with Crippen LogP contribution in [-0.2, 0) is 0 Å². The van der Waals surface area contributed by atoms with Gasteiger partial charge in [0.05, 0.1) is 0 Å². The Morgan fingerprint density at radius 2 is 1.39 bits per heavy atom. The molecule has 2 N–H and O–H groups in total. The van der Waals surface area contributed by atoms with Crippen molar-refractivity contribution in [2.24, 2.45) is 0 Å². The molecule has 142 valence electrons. The van der Waals surface area contributed by atoms with Crippen LogP contribution in [0.4, 0.5) is 11.4 Å². The molecule has 3 rings (SSSR count). The molecule has 2 aromatic carbocycles. The molecule has 3 aromatic rings. The average Bonchev–Trinajstić information content (AvgIpc) is 2.70. The maximum Gasteiger partial charge on any atom is 0.274 e. The van der Waals surface area contributed by atoms with E-state index >= 15 is 0 Å². The van der Waals surface area contributed by atoms with Crippen molar-refractivity contribution in [2.45, 2.75) is 26.7 Å². The Bertz CT molecular complexity index is 995. The van der Waals surface area contributed by atoms with E-state index in [1.165, 1.54) is 0 Å². The molecule has 0 aliphatic heterocycles. The van der Waals surface area contributed by atoms with Gasteiger partial charge < -0.3 is 10.6 Å². The van der Waals surface area contributed by atoms with Crippen molar-refractivity contribution in [3.8, 4) is 0 Å². The monoisotopic (exact) mass is 373 g/mol. The topological polar surface area (TPSA) is 71.1 Å². The van der Waals surface area contributed by atoms with Gasteiger partial charge in [-0.25, -0.2) is 4.98 Å². The molecule has 0 spiro atoms. The molecular formula is C23H23N3O2. The van der Waals surface area contributed by atoms with E-state index in [9.17, 15) is 9.59 Å². The summed E-state index contributed by atoms with van der Waals surface area (Å²) < 4.78 is 0. The number of hydrogen-bond acceptors (Lipinski definition) is 3. The van der Waals surface area contributed by atoms with Gasteiger partial charge >= 0.3 is 0 Å². The second kappa shape index (κ2) is 8.48. The number of anilines is 2. The van der Waals surface area contributed by atoms with Crippen LogP contribution in [0.2, 0.25) is 0 Å². The Kier molecular flexibility index (Phi) is 5.84. The maximum atomic E-state index is 12.7. The van der Waals surface area contributed by atoms with E-state index in [4.69, 9.17) is 0 Å². The van der Waals surface area contributed by atoms with Crippen molar-refractivity contribution < 1.29 is 9.59 Å². The summed E-state index contributed by atoms with van der Waals surface area (Å²) in [5.74, 6) is -0.435. The molecule has 0 aliphatic carbocycles. The fourth-order valence-electron chi connectivity index (χ4n) is 2.82. The Balaban J connectivity index is 1.76. The molecule has 5 heteroatoms. The smallest absolute Gasteiger partial charge is 0.274 e. The minimum Gasteiger partial charge on any atom is -0.321 e. The molecule has 0 saturated heterocycles. The highest BCUT2D eigenvalue weighted by Gasteiger charge is 2.15. The molecule has 0 unspecified atom stereocenters. The van der Waals surface area contributed by atoms with Crippen LogP contribution in [0.5, 0.6) is 0 Å². The third-order valence-electron chi connectivity index (χ3n) is 4.35. The van der Waals surface area contributed by atoms with Gasteiger partial charge in [-0.3, -0.25) is 9.59 Å². The normalized spacial score (nSPS) is 10.6. The molecular weight excluding hydrogens is 350 g/mol. The van der Waals surface area contributed by atoms with Gasteiger partial charge in [0.25, 0.3) is 11.8 Å². The van der Waals surface area contributed by atoms with Gasteiger partial charge in [0.1, 0.15) is 11.4 Å². The van der Waals surface area contributed by atoms with Crippen LogP contribution in [0.25, 0.3) is 0 Å². The van der Waals surface area contributed by atoms with E-state index in [1.54, 1.807) is 18.2 Å². The molecule has 0 atom stereocenters. The Hall–Kier alpha value is -3.47. The molecule has 0 saturated carbocycles. The largest absolute Gasteiger partial charge is 0.321 e. The van der Waals surface area contributed by atoms with Gasteiger partial charge in [-0.15, -0.1) is 0 Å². The third kappa shape index (κ3) is 4.62. The Morgan fingerprint density at radius 1 is 0.786 bits per heavy atom. The standard InChI is InChI=1S/C23H23N3O2/c1-15(2)18-7-4-5-8-19(18)26-23(28)21-10-6-9-20(25-21)22(27)24-17-13-11-16(3)12-14-17/h4-15H,1-3H3,(H,24,27)(H,26,28). The van der Waals surface area contributed by atoms with Crippen LogP contribution in [0.3, 0.4) is 0 Å². The van der Waals surface area contributed by atoms with Gasteiger partial charge in [-0.05, 0) is 48.7 Å². The molecule has 2 amide bonds. The van der Waals surface area contributed by atoms with Gasteiger partial charge in [0.2, 0.25) is 0 Å². The quantitative estimate of drug-likeness (QED) is 0.660. The summed E-state index contributed by atoms with van der Waals surface area (Å²) in [6.45, 7) is 6.12. The summed E-state index contributed by atoms with van der Waals surface area (Å²) in [7, 11) is 0. The van der Waals surface area contributed by atoms with E-state index in [-0.39, 0.29) is 29.1 Å². The lowest BCUT2D eigenvalue weighted by atomic mass is 10.0. The van der Waals surface area contributed by atoms with Crippen LogP contribution >= 0.6 is 0 Å². The van der Waals surface area contributed by atoms with Gasteiger partial charge in [0.15, 0.2) is 0 Å². The number of nitrogens with zero attached hydrogens (tertiary/aromatic N) is 1. The minimum absolute atomic E-state index is 0.186. The predicted octanol–water partition coefficient (Wildman–Crippen LogP) is 5.02. The fourth-order valence-corrected chi connectivity index (χ4v) is 2.82. The summed E-state index contributed by atoms with van der Waals surface area (Å²) in [6, 6.07) is 20.0. The first-order valence-electron chi connectivity index (χ1n) is 9.19. The first-order valence-corrected chi connectivity index (χ1v) is 9.19. The van der Waals surface area contributed by atoms with E-state index < -0.39 is 0 Å². The number of para-hydroxylation sites is 1. The van der Waals surface area contributed by atoms with Crippen molar-refractivity contribution in [3.63, 3.8) is 0 Å². The highest BCUT2D eigenvalue weighted by Crippen LogP contribution is 2.24. The second-order valence-corrected chi connectivity index (χ2v) is 6.92. The number of amides is 2. The van der Waals surface area contributed by atoms with Crippen LogP contribution < -0.4 is 10.6 Å². The summed E-state index contributed by atoms with van der Waals surface area (Å²) in [4.78, 5) is 29.4. The van der Waals surface area contributed by atoms with Crippen molar-refractivity contribution in [2.75, 3.05) is 10.6 Å². The van der Waals surface area contributed by atoms with Crippen molar-refractivity contribution >= 4 is 23.2 Å². The number of rotatable bonds is 5. The summed E-state index contributed by atoms with van der Waals surface area (Å²) in [5, 5.41) is 5.69.